The van der Waals surface area contributed by atoms with E-state index in [1.165, 1.54) is 0 Å². The fourth-order valence-corrected chi connectivity index (χ4v) is 1.25. The van der Waals surface area contributed by atoms with E-state index in [0.29, 0.717) is 12.3 Å². The molecule has 0 bridgehead atoms. The van der Waals surface area contributed by atoms with Gasteiger partial charge in [0.15, 0.2) is 0 Å². The van der Waals surface area contributed by atoms with E-state index < -0.39 is 6.09 Å². The molecule has 17 heavy (non-hydrogen) atoms. The number of unbranched alkanes of at least 4 members (excludes halogenated alkanes) is 2. The van der Waals surface area contributed by atoms with Crippen LogP contribution in [-0.4, -0.2) is 17.8 Å². The molecule has 0 saturated carbocycles. The highest BCUT2D eigenvalue weighted by atomic mass is 16.5. The number of carboxylic acid groups (broad SMARTS) is 1. The quantitative estimate of drug-likeness (QED) is 0.599. The number of hydrogen-bond donors (Lipinski definition) is 1. The molecule has 0 saturated heterocycles. The molecule has 0 aliphatic carbocycles. The van der Waals surface area contributed by atoms with Crippen molar-refractivity contribution in [2.45, 2.75) is 26.2 Å². The van der Waals surface area contributed by atoms with Crippen molar-refractivity contribution in [3.63, 3.8) is 0 Å². The molecule has 0 aromatic heterocycles. The highest BCUT2D eigenvalue weighted by molar-refractivity contribution is 5.65. The molecule has 5 nitrogen and oxygen atoms in total. The van der Waals surface area contributed by atoms with Gasteiger partial charge >= 0.3 is 6.09 Å². The third-order valence-electron chi connectivity index (χ3n) is 2.10. The van der Waals surface area contributed by atoms with E-state index in [2.05, 4.69) is 17.2 Å². The van der Waals surface area contributed by atoms with Gasteiger partial charge in [0, 0.05) is 0 Å². The third kappa shape index (κ3) is 5.65. The maximum Gasteiger partial charge on any atom is 0.449 e. The highest BCUT2D eigenvalue weighted by Gasteiger charge is 1.95. The van der Waals surface area contributed by atoms with E-state index in [0.717, 1.165) is 25.0 Å². The van der Waals surface area contributed by atoms with Gasteiger partial charge in [0.2, 0.25) is 0 Å². The lowest BCUT2D eigenvalue weighted by molar-refractivity contribution is 0.204. The molecule has 92 valence electrons. The fraction of sp³-hybridized carbons (Fsp3) is 0.417. The Morgan fingerprint density at radius 2 is 2.00 bits per heavy atom. The largest absolute Gasteiger partial charge is 0.494 e. The van der Waals surface area contributed by atoms with Crippen LogP contribution in [0.1, 0.15) is 26.2 Å². The summed E-state index contributed by atoms with van der Waals surface area (Å²) >= 11 is 0. The zero-order valence-electron chi connectivity index (χ0n) is 9.80. The van der Waals surface area contributed by atoms with E-state index in [9.17, 15) is 4.79 Å². The first-order valence-electron chi connectivity index (χ1n) is 5.60. The van der Waals surface area contributed by atoms with Gasteiger partial charge in [-0.1, -0.05) is 24.9 Å². The molecule has 1 N–H and O–H groups in total. The number of amides is 1. The van der Waals surface area contributed by atoms with Crippen molar-refractivity contribution in [2.75, 3.05) is 6.61 Å². The van der Waals surface area contributed by atoms with Crippen LogP contribution in [0.25, 0.3) is 0 Å². The van der Waals surface area contributed by atoms with Gasteiger partial charge in [-0.2, -0.15) is 0 Å². The summed E-state index contributed by atoms with van der Waals surface area (Å²) in [6.45, 7) is 2.84. The van der Waals surface area contributed by atoms with Gasteiger partial charge in [-0.3, -0.25) is 0 Å². The normalized spacial score (nSPS) is 10.6. The summed E-state index contributed by atoms with van der Waals surface area (Å²) in [5, 5.41) is 14.8. The average molecular weight is 236 g/mol. The molecular weight excluding hydrogens is 220 g/mol. The molecule has 1 amide bonds. The first-order chi connectivity index (χ1) is 8.22. The molecule has 0 atom stereocenters. The van der Waals surface area contributed by atoms with Gasteiger partial charge in [-0.25, -0.2) is 4.79 Å². The summed E-state index contributed by atoms with van der Waals surface area (Å²) in [5.74, 6) is 0.760. The van der Waals surface area contributed by atoms with Crippen LogP contribution in [0.15, 0.2) is 34.5 Å². The van der Waals surface area contributed by atoms with Crippen molar-refractivity contribution in [3.8, 4) is 5.75 Å². The summed E-state index contributed by atoms with van der Waals surface area (Å²) < 4.78 is 5.50. The second-order valence-electron chi connectivity index (χ2n) is 3.53. The molecule has 0 heterocycles. The fourth-order valence-electron chi connectivity index (χ4n) is 1.25. The standard InChI is InChI=1S/C12H16N2O3/c1-2-3-4-9-17-11-7-5-10(6-8-11)13-14-12(15)16/h5-8H,2-4,9H2,1H3,(H,15,16). The summed E-state index contributed by atoms with van der Waals surface area (Å²) in [4.78, 5) is 10.2. The van der Waals surface area contributed by atoms with E-state index in [4.69, 9.17) is 9.84 Å². The lowest BCUT2D eigenvalue weighted by atomic mass is 10.2. The molecular formula is C12H16N2O3. The molecule has 5 heteroatoms. The van der Waals surface area contributed by atoms with Gasteiger partial charge in [0.05, 0.1) is 12.3 Å². The van der Waals surface area contributed by atoms with Gasteiger partial charge < -0.3 is 9.84 Å². The number of carbonyl (C=O) groups is 1. The number of nitrogens with zero attached hydrogens (tertiary/aromatic N) is 2. The minimum absolute atomic E-state index is 0.494. The van der Waals surface area contributed by atoms with Crippen LogP contribution in [0.3, 0.4) is 0 Å². The van der Waals surface area contributed by atoms with Crippen molar-refractivity contribution in [1.82, 2.24) is 0 Å². The molecule has 1 rings (SSSR count). The Labute approximate surface area is 100 Å². The zero-order valence-corrected chi connectivity index (χ0v) is 9.80. The van der Waals surface area contributed by atoms with Crippen molar-refractivity contribution in [3.05, 3.63) is 24.3 Å². The minimum Gasteiger partial charge on any atom is -0.494 e. The third-order valence-corrected chi connectivity index (χ3v) is 2.10. The SMILES string of the molecule is CCCCCOc1ccc(N=NC(=O)O)cc1. The van der Waals surface area contributed by atoms with Gasteiger partial charge in [0.25, 0.3) is 0 Å². The number of azo groups is 1. The minimum atomic E-state index is -1.30. The first-order valence-corrected chi connectivity index (χ1v) is 5.60. The van der Waals surface area contributed by atoms with Gasteiger partial charge in [0.1, 0.15) is 5.75 Å². The lowest BCUT2D eigenvalue weighted by Crippen LogP contribution is -1.96. The number of rotatable bonds is 6. The van der Waals surface area contributed by atoms with E-state index >= 15 is 0 Å². The van der Waals surface area contributed by atoms with Crippen LogP contribution in [0.4, 0.5) is 10.5 Å². The van der Waals surface area contributed by atoms with Crippen LogP contribution in [-0.2, 0) is 0 Å². The van der Waals surface area contributed by atoms with Crippen molar-refractivity contribution < 1.29 is 14.6 Å². The maximum atomic E-state index is 10.2. The van der Waals surface area contributed by atoms with Crippen molar-refractivity contribution >= 4 is 11.8 Å². The number of hydrogen-bond acceptors (Lipinski definition) is 3. The Hall–Kier alpha value is -1.91. The van der Waals surface area contributed by atoms with Crippen LogP contribution in [0.2, 0.25) is 0 Å². The summed E-state index contributed by atoms with van der Waals surface area (Å²) in [7, 11) is 0. The smallest absolute Gasteiger partial charge is 0.449 e. The first kappa shape index (κ1) is 13.2. The molecule has 1 aromatic carbocycles. The molecule has 0 fully saturated rings. The molecule has 0 radical (unpaired) electrons. The molecule has 0 spiro atoms. The van der Waals surface area contributed by atoms with Crippen LogP contribution in [0.5, 0.6) is 5.75 Å². The van der Waals surface area contributed by atoms with E-state index in [-0.39, 0.29) is 0 Å². The Balaban J connectivity index is 2.42. The molecule has 1 aromatic rings. The second kappa shape index (κ2) is 7.38. The second-order valence-corrected chi connectivity index (χ2v) is 3.53. The van der Waals surface area contributed by atoms with E-state index in [1.807, 2.05) is 0 Å². The van der Waals surface area contributed by atoms with Crippen LogP contribution >= 0.6 is 0 Å². The van der Waals surface area contributed by atoms with Crippen LogP contribution < -0.4 is 4.74 Å². The Morgan fingerprint density at radius 3 is 2.59 bits per heavy atom. The lowest BCUT2D eigenvalue weighted by Gasteiger charge is -2.05. The summed E-state index contributed by atoms with van der Waals surface area (Å²) in [5.41, 5.74) is 0.494. The Morgan fingerprint density at radius 1 is 1.29 bits per heavy atom. The topological polar surface area (TPSA) is 71.2 Å². The number of benzene rings is 1. The molecule has 0 unspecified atom stereocenters. The van der Waals surface area contributed by atoms with Crippen LogP contribution in [0, 0.1) is 0 Å². The van der Waals surface area contributed by atoms with Gasteiger partial charge in [-0.15, -0.1) is 5.11 Å². The number of ether oxygens (including phenoxy) is 1. The summed E-state index contributed by atoms with van der Waals surface area (Å²) in [6, 6.07) is 6.84. The molecule has 0 aliphatic rings. The monoisotopic (exact) mass is 236 g/mol. The Kier molecular flexibility index (Phi) is 5.71. The summed E-state index contributed by atoms with van der Waals surface area (Å²) in [6.07, 6.45) is 2.06. The Bertz CT molecular complexity index is 374. The maximum absolute atomic E-state index is 10.2. The van der Waals surface area contributed by atoms with Crippen molar-refractivity contribution in [1.29, 1.82) is 0 Å². The molecule has 0 aliphatic heterocycles. The highest BCUT2D eigenvalue weighted by Crippen LogP contribution is 2.18. The van der Waals surface area contributed by atoms with E-state index in [1.54, 1.807) is 24.3 Å². The predicted molar refractivity (Wildman–Crippen MR) is 64.0 cm³/mol. The predicted octanol–water partition coefficient (Wildman–Crippen LogP) is 4.02. The van der Waals surface area contributed by atoms with Crippen molar-refractivity contribution in [2.24, 2.45) is 10.2 Å². The average Bonchev–Trinajstić information content (AvgIpc) is 2.33. The van der Waals surface area contributed by atoms with Gasteiger partial charge in [-0.05, 0) is 30.7 Å². The zero-order chi connectivity index (χ0) is 12.5.